The molecule has 2 aromatic carbocycles. The summed E-state index contributed by atoms with van der Waals surface area (Å²) in [5, 5.41) is 4.48. The van der Waals surface area contributed by atoms with Gasteiger partial charge in [0.05, 0.1) is 27.7 Å². The van der Waals surface area contributed by atoms with E-state index in [1.54, 1.807) is 19.2 Å². The minimum atomic E-state index is 0.323. The van der Waals surface area contributed by atoms with E-state index >= 15 is 0 Å². The molecule has 0 aromatic heterocycles. The van der Waals surface area contributed by atoms with Gasteiger partial charge in [0.15, 0.2) is 11.5 Å². The van der Waals surface area contributed by atoms with Crippen LogP contribution in [-0.4, -0.2) is 26.4 Å². The predicted molar refractivity (Wildman–Crippen MR) is 112 cm³/mol. The molecule has 1 aliphatic rings. The highest BCUT2D eigenvalue weighted by Gasteiger charge is 2.16. The number of ether oxygens (including phenoxy) is 3. The fourth-order valence-corrected chi connectivity index (χ4v) is 3.91. The maximum atomic E-state index is 6.06. The Bertz CT molecular complexity index is 782. The molecule has 1 atom stereocenters. The van der Waals surface area contributed by atoms with Crippen LogP contribution in [0.3, 0.4) is 0 Å². The molecule has 0 amide bonds. The normalized spacial score (nSPS) is 16.5. The van der Waals surface area contributed by atoms with Crippen LogP contribution in [-0.2, 0) is 17.9 Å². The predicted octanol–water partition coefficient (Wildman–Crippen LogP) is 5.61. The van der Waals surface area contributed by atoms with Crippen LogP contribution in [0.4, 0.5) is 0 Å². The summed E-state index contributed by atoms with van der Waals surface area (Å²) in [5.74, 6) is 1.34. The molecule has 0 spiro atoms. The summed E-state index contributed by atoms with van der Waals surface area (Å²) in [4.78, 5) is 0. The van der Waals surface area contributed by atoms with Crippen molar-refractivity contribution in [3.63, 3.8) is 0 Å². The maximum absolute atomic E-state index is 6.06. The largest absolute Gasteiger partial charge is 0.493 e. The topological polar surface area (TPSA) is 39.7 Å². The lowest BCUT2D eigenvalue weighted by Crippen LogP contribution is -2.25. The molecule has 7 heteroatoms. The zero-order valence-electron chi connectivity index (χ0n) is 15.1. The number of nitrogens with one attached hydrogen (secondary N) is 1. The highest BCUT2D eigenvalue weighted by Crippen LogP contribution is 2.37. The van der Waals surface area contributed by atoms with Crippen LogP contribution < -0.4 is 14.8 Å². The van der Waals surface area contributed by atoms with Gasteiger partial charge in [-0.25, -0.2) is 0 Å². The molecule has 4 nitrogen and oxygen atoms in total. The molecular formula is C20H22BrCl2NO3. The lowest BCUT2D eigenvalue weighted by molar-refractivity contribution is 0.110. The molecule has 1 aliphatic heterocycles. The van der Waals surface area contributed by atoms with Crippen molar-refractivity contribution in [1.29, 1.82) is 0 Å². The highest BCUT2D eigenvalue weighted by atomic mass is 79.9. The van der Waals surface area contributed by atoms with Gasteiger partial charge in [0.2, 0.25) is 0 Å². The highest BCUT2D eigenvalue weighted by molar-refractivity contribution is 9.10. The van der Waals surface area contributed by atoms with Crippen LogP contribution in [0.1, 0.15) is 24.0 Å². The Hall–Kier alpha value is -0.980. The van der Waals surface area contributed by atoms with Gasteiger partial charge in [-0.3, -0.25) is 0 Å². The smallest absolute Gasteiger partial charge is 0.175 e. The summed E-state index contributed by atoms with van der Waals surface area (Å²) >= 11 is 15.6. The first-order valence-corrected chi connectivity index (χ1v) is 10.4. The van der Waals surface area contributed by atoms with Crippen LogP contribution in [0.25, 0.3) is 0 Å². The summed E-state index contributed by atoms with van der Waals surface area (Å²) in [6.45, 7) is 2.83. The summed E-state index contributed by atoms with van der Waals surface area (Å²) in [6.07, 6.45) is 2.60. The van der Waals surface area contributed by atoms with Gasteiger partial charge in [0.1, 0.15) is 6.61 Å². The van der Waals surface area contributed by atoms with E-state index in [0.717, 1.165) is 48.1 Å². The van der Waals surface area contributed by atoms with Gasteiger partial charge < -0.3 is 19.5 Å². The Morgan fingerprint density at radius 1 is 1.19 bits per heavy atom. The Morgan fingerprint density at radius 2 is 2.04 bits per heavy atom. The monoisotopic (exact) mass is 473 g/mol. The second-order valence-electron chi connectivity index (χ2n) is 6.41. The van der Waals surface area contributed by atoms with Gasteiger partial charge in [-0.05, 0) is 64.2 Å². The van der Waals surface area contributed by atoms with Crippen LogP contribution >= 0.6 is 39.1 Å². The van der Waals surface area contributed by atoms with Crippen molar-refractivity contribution in [3.8, 4) is 11.5 Å². The van der Waals surface area contributed by atoms with Crippen molar-refractivity contribution in [2.75, 3.05) is 20.3 Å². The van der Waals surface area contributed by atoms with E-state index < -0.39 is 0 Å². The zero-order valence-corrected chi connectivity index (χ0v) is 18.2. The molecule has 146 valence electrons. The molecule has 1 unspecified atom stereocenters. The van der Waals surface area contributed by atoms with Crippen LogP contribution in [0, 0.1) is 0 Å². The van der Waals surface area contributed by atoms with Gasteiger partial charge >= 0.3 is 0 Å². The van der Waals surface area contributed by atoms with E-state index in [2.05, 4.69) is 21.2 Å². The van der Waals surface area contributed by atoms with E-state index in [0.29, 0.717) is 34.3 Å². The average molecular weight is 475 g/mol. The molecule has 2 aromatic rings. The quantitative estimate of drug-likeness (QED) is 0.539. The molecule has 1 N–H and O–H groups in total. The molecule has 3 rings (SSSR count). The lowest BCUT2D eigenvalue weighted by Gasteiger charge is -2.16. The molecule has 0 bridgehead atoms. The first-order valence-electron chi connectivity index (χ1n) is 8.82. The van der Waals surface area contributed by atoms with Crippen molar-refractivity contribution in [2.45, 2.75) is 32.1 Å². The van der Waals surface area contributed by atoms with Gasteiger partial charge in [-0.2, -0.15) is 0 Å². The Labute approximate surface area is 178 Å². The average Bonchev–Trinajstić information content (AvgIpc) is 3.16. The molecule has 1 saturated heterocycles. The van der Waals surface area contributed by atoms with Crippen LogP contribution in [0.2, 0.25) is 10.0 Å². The van der Waals surface area contributed by atoms with E-state index in [9.17, 15) is 0 Å². The standard InChI is InChI=1S/C20H22BrCl2NO3/c1-25-19-9-14(10-24-11-15-3-2-6-26-15)7-16(21)20(19)27-12-13-4-5-17(22)18(23)8-13/h4-5,7-9,15,24H,2-3,6,10-12H2,1H3. The number of halogens is 3. The summed E-state index contributed by atoms with van der Waals surface area (Å²) in [5.41, 5.74) is 2.04. The zero-order chi connectivity index (χ0) is 19.2. The summed E-state index contributed by atoms with van der Waals surface area (Å²) in [6, 6.07) is 9.47. The van der Waals surface area contributed by atoms with Crippen LogP contribution in [0.15, 0.2) is 34.8 Å². The number of hydrogen-bond donors (Lipinski definition) is 1. The number of methoxy groups -OCH3 is 1. The summed E-state index contributed by atoms with van der Waals surface area (Å²) in [7, 11) is 1.64. The fraction of sp³-hybridized carbons (Fsp3) is 0.400. The molecule has 1 heterocycles. The molecule has 0 radical (unpaired) electrons. The number of rotatable bonds is 8. The van der Waals surface area contributed by atoms with Crippen molar-refractivity contribution in [1.82, 2.24) is 5.32 Å². The van der Waals surface area contributed by atoms with E-state index in [1.807, 2.05) is 18.2 Å². The number of benzene rings is 2. The second-order valence-corrected chi connectivity index (χ2v) is 8.08. The van der Waals surface area contributed by atoms with Crippen molar-refractivity contribution in [2.24, 2.45) is 0 Å². The summed E-state index contributed by atoms with van der Waals surface area (Å²) < 4.78 is 18.0. The van der Waals surface area contributed by atoms with E-state index in [1.165, 1.54) is 0 Å². The minimum Gasteiger partial charge on any atom is -0.493 e. The molecule has 0 saturated carbocycles. The van der Waals surface area contributed by atoms with Gasteiger partial charge in [0.25, 0.3) is 0 Å². The third-order valence-electron chi connectivity index (χ3n) is 4.38. The van der Waals surface area contributed by atoms with Gasteiger partial charge in [-0.1, -0.05) is 29.3 Å². The minimum absolute atomic E-state index is 0.323. The Morgan fingerprint density at radius 3 is 2.74 bits per heavy atom. The van der Waals surface area contributed by atoms with Crippen molar-refractivity contribution < 1.29 is 14.2 Å². The van der Waals surface area contributed by atoms with Crippen molar-refractivity contribution in [3.05, 3.63) is 56.0 Å². The third kappa shape index (κ3) is 5.75. The number of hydrogen-bond acceptors (Lipinski definition) is 4. The molecule has 27 heavy (non-hydrogen) atoms. The Balaban J connectivity index is 1.63. The molecular weight excluding hydrogens is 453 g/mol. The third-order valence-corrected chi connectivity index (χ3v) is 5.71. The second kappa shape index (κ2) is 9.99. The van der Waals surface area contributed by atoms with E-state index in [4.69, 9.17) is 37.4 Å². The Kier molecular flexibility index (Phi) is 7.67. The van der Waals surface area contributed by atoms with E-state index in [-0.39, 0.29) is 0 Å². The van der Waals surface area contributed by atoms with Gasteiger partial charge in [-0.15, -0.1) is 0 Å². The van der Waals surface area contributed by atoms with Gasteiger partial charge in [0, 0.05) is 19.7 Å². The SMILES string of the molecule is COc1cc(CNCC2CCCO2)cc(Br)c1OCc1ccc(Cl)c(Cl)c1. The molecule has 0 aliphatic carbocycles. The first-order chi connectivity index (χ1) is 13.1. The maximum Gasteiger partial charge on any atom is 0.175 e. The first kappa shape index (κ1) is 20.7. The van der Waals surface area contributed by atoms with Crippen LogP contribution in [0.5, 0.6) is 11.5 Å². The van der Waals surface area contributed by atoms with Crippen molar-refractivity contribution >= 4 is 39.1 Å². The fourth-order valence-electron chi connectivity index (χ4n) is 2.98. The molecule has 1 fully saturated rings. The lowest BCUT2D eigenvalue weighted by atomic mass is 10.2.